The number of carboxylic acids is 1. The van der Waals surface area contributed by atoms with Crippen LogP contribution in [0.25, 0.3) is 17.0 Å². The summed E-state index contributed by atoms with van der Waals surface area (Å²) in [6.45, 7) is 1.86. The van der Waals surface area contributed by atoms with Crippen LogP contribution in [-0.4, -0.2) is 28.8 Å². The largest absolute Gasteiger partial charge is 0.480 e. The Kier molecular flexibility index (Phi) is 5.23. The second kappa shape index (κ2) is 7.15. The van der Waals surface area contributed by atoms with Crippen LogP contribution >= 0.6 is 12.6 Å². The molecule has 1 heterocycles. The lowest BCUT2D eigenvalue weighted by molar-refractivity contribution is -0.140. The van der Waals surface area contributed by atoms with Crippen LogP contribution in [0.1, 0.15) is 11.1 Å². The highest BCUT2D eigenvalue weighted by molar-refractivity contribution is 7.80. The summed E-state index contributed by atoms with van der Waals surface area (Å²) < 4.78 is 5.36. The van der Waals surface area contributed by atoms with Crippen molar-refractivity contribution in [1.82, 2.24) is 5.32 Å². The van der Waals surface area contributed by atoms with Crippen molar-refractivity contribution in [3.05, 3.63) is 51.9 Å². The minimum atomic E-state index is -1.18. The van der Waals surface area contributed by atoms with Crippen LogP contribution in [0.3, 0.4) is 0 Å². The molecule has 6 nitrogen and oxygen atoms in total. The maximum Gasteiger partial charge on any atom is 0.327 e. The van der Waals surface area contributed by atoms with Crippen molar-refractivity contribution >= 4 is 41.6 Å². The topological polar surface area (TPSA) is 96.6 Å². The summed E-state index contributed by atoms with van der Waals surface area (Å²) in [5.74, 6) is -1.84. The van der Waals surface area contributed by atoms with E-state index in [1.54, 1.807) is 12.1 Å². The zero-order chi connectivity index (χ0) is 17.0. The Morgan fingerprint density at radius 2 is 2.17 bits per heavy atom. The second-order valence-corrected chi connectivity index (χ2v) is 5.30. The molecule has 0 aliphatic carbocycles. The highest BCUT2D eigenvalue weighted by Gasteiger charge is 2.16. The molecule has 0 spiro atoms. The van der Waals surface area contributed by atoms with E-state index in [0.29, 0.717) is 11.0 Å². The number of aryl methyl sites for hydroxylation is 1. The molecular formula is C16H15NO5S. The molecule has 1 aromatic heterocycles. The van der Waals surface area contributed by atoms with Crippen LogP contribution in [0, 0.1) is 6.92 Å². The van der Waals surface area contributed by atoms with Crippen molar-refractivity contribution in [3.8, 4) is 0 Å². The number of carbonyl (C=O) groups is 2. The molecule has 2 N–H and O–H groups in total. The summed E-state index contributed by atoms with van der Waals surface area (Å²) >= 11 is 3.85. The number of hydrogen-bond donors (Lipinski definition) is 3. The Morgan fingerprint density at radius 3 is 2.83 bits per heavy atom. The van der Waals surface area contributed by atoms with Gasteiger partial charge in [-0.25, -0.2) is 4.79 Å². The summed E-state index contributed by atoms with van der Waals surface area (Å²) in [6, 6.07) is 4.15. The molecular weight excluding hydrogens is 318 g/mol. The summed E-state index contributed by atoms with van der Waals surface area (Å²) in [5, 5.41) is 11.5. The number of fused-ring (bicyclic) bond motifs is 1. The van der Waals surface area contributed by atoms with E-state index in [1.165, 1.54) is 12.3 Å². The minimum absolute atomic E-state index is 0.0354. The number of amides is 1. The van der Waals surface area contributed by atoms with E-state index < -0.39 is 17.9 Å². The highest BCUT2D eigenvalue weighted by atomic mass is 32.1. The van der Waals surface area contributed by atoms with Gasteiger partial charge >= 0.3 is 5.97 Å². The first-order valence-corrected chi connectivity index (χ1v) is 7.40. The van der Waals surface area contributed by atoms with Crippen molar-refractivity contribution in [1.29, 1.82) is 0 Å². The number of aliphatic carboxylic acids is 1. The standard InChI is InChI=1S/C16H15NO5S/c1-9-2-4-13-11(6-9)15(19)10(7-22-13)3-5-14(18)17-12(8-23)16(20)21/h2-7,12,23H,8H2,1H3,(H,17,18)(H,20,21)/b5-3+. The van der Waals surface area contributed by atoms with Crippen molar-refractivity contribution < 1.29 is 19.1 Å². The fourth-order valence-corrected chi connectivity index (χ4v) is 2.19. The van der Waals surface area contributed by atoms with Crippen LogP contribution in [0.2, 0.25) is 0 Å². The predicted octanol–water partition coefficient (Wildman–Crippen LogP) is 1.61. The third-order valence-corrected chi connectivity index (χ3v) is 3.53. The summed E-state index contributed by atoms with van der Waals surface area (Å²) in [6.07, 6.45) is 3.64. The summed E-state index contributed by atoms with van der Waals surface area (Å²) in [7, 11) is 0. The van der Waals surface area contributed by atoms with Gasteiger partial charge in [-0.3, -0.25) is 9.59 Å². The molecule has 0 aliphatic rings. The van der Waals surface area contributed by atoms with E-state index in [4.69, 9.17) is 9.52 Å². The Bertz CT molecular complexity index is 840. The van der Waals surface area contributed by atoms with Crippen LogP contribution in [0.5, 0.6) is 0 Å². The van der Waals surface area contributed by atoms with Gasteiger partial charge in [-0.1, -0.05) is 11.6 Å². The molecule has 7 heteroatoms. The van der Waals surface area contributed by atoms with Gasteiger partial charge in [0.15, 0.2) is 5.43 Å². The lowest BCUT2D eigenvalue weighted by Crippen LogP contribution is -2.41. The smallest absolute Gasteiger partial charge is 0.327 e. The maximum atomic E-state index is 12.3. The average molecular weight is 333 g/mol. The average Bonchev–Trinajstić information content (AvgIpc) is 2.52. The van der Waals surface area contributed by atoms with Gasteiger partial charge in [-0.2, -0.15) is 12.6 Å². The number of carbonyl (C=O) groups excluding carboxylic acids is 1. The van der Waals surface area contributed by atoms with Gasteiger partial charge in [0, 0.05) is 11.8 Å². The molecule has 1 amide bonds. The van der Waals surface area contributed by atoms with Crippen molar-refractivity contribution in [2.24, 2.45) is 0 Å². The fraction of sp³-hybridized carbons (Fsp3) is 0.188. The van der Waals surface area contributed by atoms with Gasteiger partial charge in [0.1, 0.15) is 17.9 Å². The van der Waals surface area contributed by atoms with Gasteiger partial charge in [-0.05, 0) is 25.1 Å². The number of nitrogens with one attached hydrogen (secondary N) is 1. The first-order chi connectivity index (χ1) is 10.9. The van der Waals surface area contributed by atoms with Crippen LogP contribution < -0.4 is 10.7 Å². The number of benzene rings is 1. The summed E-state index contributed by atoms with van der Waals surface area (Å²) in [5.41, 5.74) is 1.32. The minimum Gasteiger partial charge on any atom is -0.480 e. The molecule has 0 saturated carbocycles. The second-order valence-electron chi connectivity index (χ2n) is 4.94. The molecule has 120 valence electrons. The van der Waals surface area contributed by atoms with Gasteiger partial charge in [0.25, 0.3) is 0 Å². The third kappa shape index (κ3) is 4.01. The lowest BCUT2D eigenvalue weighted by atomic mass is 10.1. The number of carboxylic acid groups (broad SMARTS) is 1. The molecule has 0 radical (unpaired) electrons. The number of hydrogen-bond acceptors (Lipinski definition) is 5. The normalized spacial score (nSPS) is 12.4. The molecule has 1 aromatic carbocycles. The van der Waals surface area contributed by atoms with Crippen molar-refractivity contribution in [2.45, 2.75) is 13.0 Å². The van der Waals surface area contributed by atoms with Crippen molar-refractivity contribution in [2.75, 3.05) is 5.75 Å². The number of rotatable bonds is 5. The first-order valence-electron chi connectivity index (χ1n) is 6.77. The van der Waals surface area contributed by atoms with E-state index in [-0.39, 0.29) is 16.7 Å². The predicted molar refractivity (Wildman–Crippen MR) is 89.7 cm³/mol. The molecule has 0 aliphatic heterocycles. The van der Waals surface area contributed by atoms with E-state index in [9.17, 15) is 14.4 Å². The van der Waals surface area contributed by atoms with Gasteiger partial charge in [0.05, 0.1) is 10.9 Å². The van der Waals surface area contributed by atoms with Gasteiger partial charge < -0.3 is 14.8 Å². The van der Waals surface area contributed by atoms with E-state index in [1.807, 2.05) is 13.0 Å². The zero-order valence-corrected chi connectivity index (χ0v) is 13.2. The zero-order valence-electron chi connectivity index (χ0n) is 12.3. The Hall–Kier alpha value is -2.54. The molecule has 2 aromatic rings. The van der Waals surface area contributed by atoms with Crippen molar-refractivity contribution in [3.63, 3.8) is 0 Å². The fourth-order valence-electron chi connectivity index (χ4n) is 1.95. The molecule has 23 heavy (non-hydrogen) atoms. The molecule has 0 fully saturated rings. The molecule has 0 bridgehead atoms. The highest BCUT2D eigenvalue weighted by Crippen LogP contribution is 2.13. The molecule has 2 rings (SSSR count). The molecule has 0 saturated heterocycles. The Balaban J connectivity index is 2.24. The van der Waals surface area contributed by atoms with E-state index >= 15 is 0 Å². The maximum absolute atomic E-state index is 12.3. The Morgan fingerprint density at radius 1 is 1.43 bits per heavy atom. The van der Waals surface area contributed by atoms with Crippen LogP contribution in [-0.2, 0) is 9.59 Å². The molecule has 1 atom stereocenters. The quantitative estimate of drug-likeness (QED) is 0.571. The third-order valence-electron chi connectivity index (χ3n) is 3.17. The first kappa shape index (κ1) is 16.8. The Labute approximate surface area is 137 Å². The lowest BCUT2D eigenvalue weighted by Gasteiger charge is -2.09. The van der Waals surface area contributed by atoms with Crippen LogP contribution in [0.15, 0.2) is 39.7 Å². The van der Waals surface area contributed by atoms with Gasteiger partial charge in [-0.15, -0.1) is 0 Å². The summed E-state index contributed by atoms with van der Waals surface area (Å²) in [4.78, 5) is 34.8. The molecule has 1 unspecified atom stereocenters. The SMILES string of the molecule is Cc1ccc2occ(/C=C/C(=O)NC(CS)C(=O)O)c(=O)c2c1. The van der Waals surface area contributed by atoms with Gasteiger partial charge in [0.2, 0.25) is 5.91 Å². The monoisotopic (exact) mass is 333 g/mol. The van der Waals surface area contributed by atoms with E-state index in [2.05, 4.69) is 17.9 Å². The van der Waals surface area contributed by atoms with E-state index in [0.717, 1.165) is 11.6 Å². The van der Waals surface area contributed by atoms with Crippen LogP contribution in [0.4, 0.5) is 0 Å². The number of thiol groups is 1.